The van der Waals surface area contributed by atoms with Gasteiger partial charge in [-0.25, -0.2) is 0 Å². The zero-order chi connectivity index (χ0) is 38.3. The van der Waals surface area contributed by atoms with Crippen LogP contribution in [0.4, 0.5) is 0 Å². The first kappa shape index (κ1) is 58.4. The molecule has 6 N–H and O–H groups in total. The zero-order valence-corrected chi connectivity index (χ0v) is 40.1. The Morgan fingerprint density at radius 1 is 0.345 bits per heavy atom. The molecule has 6 nitrogen and oxygen atoms in total. The molecule has 55 heavy (non-hydrogen) atoms. The molecule has 2 aromatic carbocycles. The second-order valence-corrected chi connectivity index (χ2v) is 19.1. The number of benzene rings is 2. The lowest BCUT2D eigenvalue weighted by atomic mass is 9.78. The quantitative estimate of drug-likeness (QED) is 0.0662. The van der Waals surface area contributed by atoms with Crippen molar-refractivity contribution in [2.45, 2.75) is 176 Å². The van der Waals surface area contributed by atoms with Gasteiger partial charge in [0.25, 0.3) is 0 Å². The third kappa shape index (κ3) is 22.1. The third-order valence-corrected chi connectivity index (χ3v) is 9.85. The monoisotopic (exact) mass is 853 g/mol. The number of hydrogen-bond donors (Lipinski definition) is 6. The van der Waals surface area contributed by atoms with E-state index in [-0.39, 0.29) is 71.3 Å². The second kappa shape index (κ2) is 27.7. The summed E-state index contributed by atoms with van der Waals surface area (Å²) in [7, 11) is 0. The fourth-order valence-electron chi connectivity index (χ4n) is 6.63. The highest BCUT2D eigenvalue weighted by Gasteiger charge is 2.27. The molecule has 0 atom stereocenters. The normalized spacial score (nSPS) is 12.0. The van der Waals surface area contributed by atoms with E-state index in [9.17, 15) is 10.2 Å². The predicted molar refractivity (Wildman–Crippen MR) is 251 cm³/mol. The summed E-state index contributed by atoms with van der Waals surface area (Å²) in [6.07, 6.45) is 11.2. The molecule has 0 spiro atoms. The first-order valence-corrected chi connectivity index (χ1v) is 20.3. The zero-order valence-electron chi connectivity index (χ0n) is 36.9. The van der Waals surface area contributed by atoms with Gasteiger partial charge in [-0.05, 0) is 133 Å². The van der Waals surface area contributed by atoms with Crippen molar-refractivity contribution in [2.24, 2.45) is 0 Å². The number of halogens is 4. The van der Waals surface area contributed by atoms with Crippen molar-refractivity contribution >= 4 is 49.6 Å². The lowest BCUT2D eigenvalue weighted by Gasteiger charge is -2.28. The van der Waals surface area contributed by atoms with Crippen molar-refractivity contribution in [1.29, 1.82) is 0 Å². The summed E-state index contributed by atoms with van der Waals surface area (Å²) in [6.45, 7) is 34.2. The smallest absolute Gasteiger partial charge is 0.123 e. The van der Waals surface area contributed by atoms with Gasteiger partial charge in [0.05, 0.1) is 0 Å². The van der Waals surface area contributed by atoms with Crippen LogP contribution in [0.2, 0.25) is 0 Å². The van der Waals surface area contributed by atoms with Crippen LogP contribution in [0, 0.1) is 0 Å². The maximum absolute atomic E-state index is 11.0. The summed E-state index contributed by atoms with van der Waals surface area (Å²) in [5.41, 5.74) is 6.31. The van der Waals surface area contributed by atoms with Crippen LogP contribution in [-0.4, -0.2) is 49.5 Å². The van der Waals surface area contributed by atoms with Gasteiger partial charge in [-0.1, -0.05) is 127 Å². The Kier molecular flexibility index (Phi) is 29.4. The summed E-state index contributed by atoms with van der Waals surface area (Å²) in [5, 5.41) is 36.4. The van der Waals surface area contributed by atoms with Gasteiger partial charge in [0.2, 0.25) is 0 Å². The minimum Gasteiger partial charge on any atom is -0.507 e. The van der Waals surface area contributed by atoms with Gasteiger partial charge in [-0.2, -0.15) is 0 Å². The number of hydrogen-bond acceptors (Lipinski definition) is 6. The van der Waals surface area contributed by atoms with E-state index in [0.29, 0.717) is 11.5 Å². The number of nitrogens with one attached hydrogen (secondary N) is 4. The average Bonchev–Trinajstić information content (AvgIpc) is 3.00. The molecule has 0 saturated heterocycles. The maximum atomic E-state index is 11.0. The third-order valence-electron chi connectivity index (χ3n) is 9.85. The number of aromatic hydroxyl groups is 2. The Bertz CT molecular complexity index is 1140. The lowest BCUT2D eigenvalue weighted by molar-refractivity contribution is 0.421. The van der Waals surface area contributed by atoms with Gasteiger partial charge in [-0.15, -0.1) is 49.6 Å². The molecule has 2 rings (SSSR count). The summed E-state index contributed by atoms with van der Waals surface area (Å²) in [6, 6.07) is 8.73. The molecule has 0 aliphatic carbocycles. The molecule has 0 saturated carbocycles. The SMILES string of the molecule is CC(C)(C)c1cc(CNCCCCNCCCCCCCNCCCCNCc2cc(C(C)(C)C)c(O)c(C(C)(C)C)c2)cc(C(C)(C)C)c1O.Cl.Cl.Cl.Cl. The lowest BCUT2D eigenvalue weighted by Crippen LogP contribution is -2.21. The van der Waals surface area contributed by atoms with Gasteiger partial charge in [0, 0.05) is 13.1 Å². The fraction of sp³-hybridized carbons (Fsp3) is 0.733. The molecule has 0 bridgehead atoms. The van der Waals surface area contributed by atoms with Crippen molar-refractivity contribution in [3.05, 3.63) is 57.6 Å². The van der Waals surface area contributed by atoms with E-state index in [1.165, 1.54) is 68.9 Å². The van der Waals surface area contributed by atoms with Crippen molar-refractivity contribution in [3.8, 4) is 11.5 Å². The van der Waals surface area contributed by atoms with Crippen LogP contribution >= 0.6 is 49.6 Å². The Balaban J connectivity index is -0.00000676. The molecule has 0 amide bonds. The van der Waals surface area contributed by atoms with Gasteiger partial charge in [0.1, 0.15) is 11.5 Å². The summed E-state index contributed by atoms with van der Waals surface area (Å²) >= 11 is 0. The van der Waals surface area contributed by atoms with Gasteiger partial charge in [-0.3, -0.25) is 0 Å². The van der Waals surface area contributed by atoms with E-state index in [1.54, 1.807) is 0 Å². The molecular weight excluding hydrogens is 770 g/mol. The van der Waals surface area contributed by atoms with Crippen molar-refractivity contribution < 1.29 is 10.2 Å². The minimum absolute atomic E-state index is 0. The largest absolute Gasteiger partial charge is 0.507 e. The Hall–Kier alpha value is -0.960. The van der Waals surface area contributed by atoms with E-state index in [0.717, 1.165) is 74.6 Å². The summed E-state index contributed by atoms with van der Waals surface area (Å²) in [5.74, 6) is 0.919. The van der Waals surface area contributed by atoms with E-state index in [1.807, 2.05) is 0 Å². The standard InChI is InChI=1S/C45H80N4O2.4ClH/c1-42(2,3)36-28-34(29-37(40(36)50)43(4,5)6)32-48-26-20-18-24-46-22-16-14-13-15-17-23-47-25-19-21-27-49-33-35-30-38(44(7,8)9)41(51)39(31-35)45(10,11)12;;;;/h28-31,46-51H,13-27,32-33H2,1-12H3;4*1H. The van der Waals surface area contributed by atoms with Crippen LogP contribution in [-0.2, 0) is 34.7 Å². The van der Waals surface area contributed by atoms with E-state index >= 15 is 0 Å². The number of phenolic OH excluding ortho intramolecular Hbond substituents is 2. The highest BCUT2D eigenvalue weighted by Crippen LogP contribution is 2.41. The molecule has 0 radical (unpaired) electrons. The minimum atomic E-state index is -0.0883. The van der Waals surface area contributed by atoms with Crippen LogP contribution in [0.1, 0.15) is 174 Å². The highest BCUT2D eigenvalue weighted by molar-refractivity contribution is 5.86. The van der Waals surface area contributed by atoms with Crippen LogP contribution in [0.3, 0.4) is 0 Å². The number of unbranched alkanes of at least 4 members (excludes halogenated alkanes) is 6. The molecule has 0 aliphatic heterocycles. The molecule has 2 aromatic rings. The van der Waals surface area contributed by atoms with E-state index < -0.39 is 0 Å². The topological polar surface area (TPSA) is 88.6 Å². The van der Waals surface area contributed by atoms with Crippen LogP contribution in [0.15, 0.2) is 24.3 Å². The predicted octanol–water partition coefficient (Wildman–Crippen LogP) is 11.5. The Labute approximate surface area is 363 Å². The van der Waals surface area contributed by atoms with Crippen LogP contribution in [0.5, 0.6) is 11.5 Å². The highest BCUT2D eigenvalue weighted by atomic mass is 35.5. The average molecular weight is 855 g/mol. The first-order chi connectivity index (χ1) is 23.7. The first-order valence-electron chi connectivity index (χ1n) is 20.3. The number of phenols is 2. The van der Waals surface area contributed by atoms with E-state index in [4.69, 9.17) is 0 Å². The number of rotatable bonds is 22. The molecular formula is C45H84Cl4N4O2. The molecule has 0 aromatic heterocycles. The molecule has 0 unspecified atom stereocenters. The molecule has 0 fully saturated rings. The maximum Gasteiger partial charge on any atom is 0.123 e. The fourth-order valence-corrected chi connectivity index (χ4v) is 6.63. The van der Waals surface area contributed by atoms with Gasteiger partial charge < -0.3 is 31.5 Å². The van der Waals surface area contributed by atoms with Gasteiger partial charge >= 0.3 is 0 Å². The van der Waals surface area contributed by atoms with Crippen molar-refractivity contribution in [3.63, 3.8) is 0 Å². The summed E-state index contributed by atoms with van der Waals surface area (Å²) < 4.78 is 0. The van der Waals surface area contributed by atoms with Crippen LogP contribution in [0.25, 0.3) is 0 Å². The van der Waals surface area contributed by atoms with Crippen LogP contribution < -0.4 is 21.3 Å². The molecule has 0 heterocycles. The summed E-state index contributed by atoms with van der Waals surface area (Å²) in [4.78, 5) is 0. The second-order valence-electron chi connectivity index (χ2n) is 19.1. The Morgan fingerprint density at radius 3 is 0.782 bits per heavy atom. The molecule has 324 valence electrons. The Morgan fingerprint density at radius 2 is 0.545 bits per heavy atom. The molecule has 10 heteroatoms. The molecule has 0 aliphatic rings. The van der Waals surface area contributed by atoms with Gasteiger partial charge in [0.15, 0.2) is 0 Å². The van der Waals surface area contributed by atoms with Crippen molar-refractivity contribution in [1.82, 2.24) is 21.3 Å². The van der Waals surface area contributed by atoms with Crippen molar-refractivity contribution in [2.75, 3.05) is 39.3 Å². The van der Waals surface area contributed by atoms with E-state index in [2.05, 4.69) is 129 Å².